The lowest BCUT2D eigenvalue weighted by atomic mass is 10.2. The molecule has 0 atom stereocenters. The minimum absolute atomic E-state index is 0.420. The number of carbonyl (C=O) groups is 1. The van der Waals surface area contributed by atoms with Crippen LogP contribution in [0.4, 0.5) is 0 Å². The molecule has 3 heteroatoms. The van der Waals surface area contributed by atoms with E-state index in [9.17, 15) is 4.79 Å². The maximum Gasteiger partial charge on any atom is 0.241 e. The van der Waals surface area contributed by atoms with Crippen molar-refractivity contribution in [2.45, 2.75) is 13.3 Å². The van der Waals surface area contributed by atoms with Gasteiger partial charge in [0.25, 0.3) is 0 Å². The Bertz CT molecular complexity index is 170. The van der Waals surface area contributed by atoms with Crippen LogP contribution in [-0.2, 0) is 4.79 Å². The van der Waals surface area contributed by atoms with Crippen molar-refractivity contribution >= 4 is 12.1 Å². The van der Waals surface area contributed by atoms with Crippen LogP contribution in [0.15, 0.2) is 16.6 Å². The standard InChI is InChI=1S/C7H12N2O/c1-3-6(5-9-2)4-7(8)10/h4-5H,3H2,1-2H3,(H2,8,10)/b6-4-,9-5?. The van der Waals surface area contributed by atoms with E-state index < -0.39 is 5.91 Å². The van der Waals surface area contributed by atoms with Crippen LogP contribution >= 0.6 is 0 Å². The van der Waals surface area contributed by atoms with Gasteiger partial charge < -0.3 is 5.73 Å². The van der Waals surface area contributed by atoms with Crippen LogP contribution in [0.3, 0.4) is 0 Å². The molecule has 2 N–H and O–H groups in total. The van der Waals surface area contributed by atoms with Crippen molar-refractivity contribution in [2.75, 3.05) is 7.05 Å². The Morgan fingerprint density at radius 2 is 2.30 bits per heavy atom. The third-order valence-electron chi connectivity index (χ3n) is 1.03. The summed E-state index contributed by atoms with van der Waals surface area (Å²) < 4.78 is 0. The minimum atomic E-state index is -0.420. The summed E-state index contributed by atoms with van der Waals surface area (Å²) in [6, 6.07) is 0. The normalized spacial score (nSPS) is 12.4. The summed E-state index contributed by atoms with van der Waals surface area (Å²) in [6.45, 7) is 1.94. The number of nitrogens with zero attached hydrogens (tertiary/aromatic N) is 1. The predicted octanol–water partition coefficient (Wildman–Crippen LogP) is 0.509. The molecule has 0 heterocycles. The molecule has 0 aliphatic heterocycles. The van der Waals surface area contributed by atoms with E-state index in [0.717, 1.165) is 12.0 Å². The molecule has 10 heavy (non-hydrogen) atoms. The Labute approximate surface area is 60.6 Å². The van der Waals surface area contributed by atoms with Gasteiger partial charge in [0, 0.05) is 19.3 Å². The van der Waals surface area contributed by atoms with E-state index >= 15 is 0 Å². The minimum Gasteiger partial charge on any atom is -0.366 e. The van der Waals surface area contributed by atoms with Crippen LogP contribution in [0.1, 0.15) is 13.3 Å². The van der Waals surface area contributed by atoms with Gasteiger partial charge in [-0.1, -0.05) is 6.92 Å². The number of nitrogens with two attached hydrogens (primary N) is 1. The number of rotatable bonds is 3. The molecule has 0 spiro atoms. The summed E-state index contributed by atoms with van der Waals surface area (Å²) in [7, 11) is 1.66. The lowest BCUT2D eigenvalue weighted by Crippen LogP contribution is -2.07. The Kier molecular flexibility index (Phi) is 4.20. The van der Waals surface area contributed by atoms with Gasteiger partial charge in [-0.2, -0.15) is 0 Å². The second-order valence-electron chi connectivity index (χ2n) is 1.86. The number of aliphatic imine (C=N–C) groups is 1. The van der Waals surface area contributed by atoms with Crippen LogP contribution in [0.25, 0.3) is 0 Å². The van der Waals surface area contributed by atoms with E-state index in [1.54, 1.807) is 13.3 Å². The quantitative estimate of drug-likeness (QED) is 0.450. The molecule has 56 valence electrons. The summed E-state index contributed by atoms with van der Waals surface area (Å²) in [5.74, 6) is -0.420. The Balaban J connectivity index is 4.18. The first kappa shape index (κ1) is 8.88. The van der Waals surface area contributed by atoms with Crippen LogP contribution in [0.2, 0.25) is 0 Å². The molecule has 0 aromatic carbocycles. The number of hydrogen-bond acceptors (Lipinski definition) is 2. The Morgan fingerprint density at radius 1 is 1.70 bits per heavy atom. The first-order valence-corrected chi connectivity index (χ1v) is 3.12. The van der Waals surface area contributed by atoms with Gasteiger partial charge >= 0.3 is 0 Å². The van der Waals surface area contributed by atoms with Gasteiger partial charge in [-0.15, -0.1) is 0 Å². The summed E-state index contributed by atoms with van der Waals surface area (Å²) in [5.41, 5.74) is 5.78. The highest BCUT2D eigenvalue weighted by Gasteiger charge is 1.90. The lowest BCUT2D eigenvalue weighted by Gasteiger charge is -1.91. The van der Waals surface area contributed by atoms with E-state index in [4.69, 9.17) is 5.73 Å². The van der Waals surface area contributed by atoms with Gasteiger partial charge in [0.05, 0.1) is 0 Å². The van der Waals surface area contributed by atoms with Crippen LogP contribution in [0, 0.1) is 0 Å². The number of carbonyl (C=O) groups excluding carboxylic acids is 1. The topological polar surface area (TPSA) is 55.4 Å². The zero-order valence-corrected chi connectivity index (χ0v) is 6.29. The van der Waals surface area contributed by atoms with Crippen LogP contribution in [-0.4, -0.2) is 19.2 Å². The number of primary amides is 1. The summed E-state index contributed by atoms with van der Waals surface area (Å²) in [4.78, 5) is 14.1. The van der Waals surface area contributed by atoms with Gasteiger partial charge in [-0.25, -0.2) is 0 Å². The molecule has 0 aliphatic rings. The fraction of sp³-hybridized carbons (Fsp3) is 0.429. The fourth-order valence-corrected chi connectivity index (χ4v) is 0.579. The molecule has 1 amide bonds. The highest BCUT2D eigenvalue weighted by molar-refractivity contribution is 5.93. The molecule has 3 nitrogen and oxygen atoms in total. The second kappa shape index (κ2) is 4.73. The lowest BCUT2D eigenvalue weighted by molar-refractivity contribution is -0.113. The molecule has 0 aromatic heterocycles. The van der Waals surface area contributed by atoms with Crippen molar-refractivity contribution in [1.82, 2.24) is 0 Å². The maximum absolute atomic E-state index is 10.3. The third-order valence-corrected chi connectivity index (χ3v) is 1.03. The molecule has 0 saturated heterocycles. The first-order chi connectivity index (χ1) is 4.70. The molecule has 0 aliphatic carbocycles. The van der Waals surface area contributed by atoms with Crippen molar-refractivity contribution in [2.24, 2.45) is 10.7 Å². The smallest absolute Gasteiger partial charge is 0.241 e. The van der Waals surface area contributed by atoms with Crippen molar-refractivity contribution < 1.29 is 4.79 Å². The fourth-order valence-electron chi connectivity index (χ4n) is 0.579. The molecule has 0 unspecified atom stereocenters. The van der Waals surface area contributed by atoms with Gasteiger partial charge in [0.1, 0.15) is 0 Å². The Hall–Kier alpha value is -1.12. The predicted molar refractivity (Wildman–Crippen MR) is 42.0 cm³/mol. The average Bonchev–Trinajstić information content (AvgIpc) is 1.86. The molecule has 0 radical (unpaired) electrons. The van der Waals surface area contributed by atoms with Crippen molar-refractivity contribution in [1.29, 1.82) is 0 Å². The number of allylic oxidation sites excluding steroid dienone is 1. The molecule has 0 aromatic rings. The van der Waals surface area contributed by atoms with E-state index in [1.165, 1.54) is 6.08 Å². The van der Waals surface area contributed by atoms with Gasteiger partial charge in [0.2, 0.25) is 5.91 Å². The van der Waals surface area contributed by atoms with E-state index in [-0.39, 0.29) is 0 Å². The third kappa shape index (κ3) is 3.83. The highest BCUT2D eigenvalue weighted by atomic mass is 16.1. The summed E-state index contributed by atoms with van der Waals surface area (Å²) >= 11 is 0. The second-order valence-corrected chi connectivity index (χ2v) is 1.86. The molecule has 0 fully saturated rings. The summed E-state index contributed by atoms with van der Waals surface area (Å²) in [5, 5.41) is 0. The molecule has 0 rings (SSSR count). The van der Waals surface area contributed by atoms with Gasteiger partial charge in [-0.3, -0.25) is 9.79 Å². The van der Waals surface area contributed by atoms with Gasteiger partial charge in [-0.05, 0) is 12.0 Å². The molecule has 0 saturated carbocycles. The number of hydrogen-bond donors (Lipinski definition) is 1. The number of amides is 1. The largest absolute Gasteiger partial charge is 0.366 e. The zero-order valence-electron chi connectivity index (χ0n) is 6.29. The van der Waals surface area contributed by atoms with Crippen LogP contribution in [0.5, 0.6) is 0 Å². The van der Waals surface area contributed by atoms with Crippen molar-refractivity contribution in [3.63, 3.8) is 0 Å². The van der Waals surface area contributed by atoms with Crippen molar-refractivity contribution in [3.8, 4) is 0 Å². The Morgan fingerprint density at radius 3 is 2.60 bits per heavy atom. The highest BCUT2D eigenvalue weighted by Crippen LogP contribution is 1.94. The SMILES string of the molecule is CC/C(C=NC)=C/C(N)=O. The van der Waals surface area contributed by atoms with E-state index in [0.29, 0.717) is 0 Å². The van der Waals surface area contributed by atoms with E-state index in [2.05, 4.69) is 4.99 Å². The van der Waals surface area contributed by atoms with Crippen LogP contribution < -0.4 is 5.73 Å². The zero-order chi connectivity index (χ0) is 7.98. The molecular weight excluding hydrogens is 128 g/mol. The maximum atomic E-state index is 10.3. The first-order valence-electron chi connectivity index (χ1n) is 3.12. The monoisotopic (exact) mass is 140 g/mol. The average molecular weight is 140 g/mol. The van der Waals surface area contributed by atoms with Crippen molar-refractivity contribution in [3.05, 3.63) is 11.6 Å². The van der Waals surface area contributed by atoms with E-state index in [1.807, 2.05) is 6.92 Å². The molecular formula is C7H12N2O. The summed E-state index contributed by atoms with van der Waals surface area (Å²) in [6.07, 6.45) is 3.79. The van der Waals surface area contributed by atoms with Gasteiger partial charge in [0.15, 0.2) is 0 Å². The molecule has 0 bridgehead atoms.